The van der Waals surface area contributed by atoms with E-state index in [4.69, 9.17) is 16.3 Å². The van der Waals surface area contributed by atoms with Gasteiger partial charge in [0.2, 0.25) is 5.88 Å². The first kappa shape index (κ1) is 11.5. The molecule has 1 amide bonds. The molecular formula is C10H11ClN2O2. The standard InChI is InChI=1S/C10H11ClN2O2/c1-3-15-10-8(5-4-6-12-10)13-9(14)7(2)11/h4-6H,2-3H2,1H3,(H,13,14). The van der Waals surface area contributed by atoms with Gasteiger partial charge >= 0.3 is 0 Å². The minimum atomic E-state index is -0.467. The van der Waals surface area contributed by atoms with Crippen molar-refractivity contribution >= 4 is 23.2 Å². The summed E-state index contributed by atoms with van der Waals surface area (Å²) in [5.41, 5.74) is 0.478. The lowest BCUT2D eigenvalue weighted by atomic mass is 10.4. The summed E-state index contributed by atoms with van der Waals surface area (Å²) in [6.45, 7) is 5.63. The van der Waals surface area contributed by atoms with Gasteiger partial charge in [0.15, 0.2) is 0 Å². The van der Waals surface area contributed by atoms with Crippen LogP contribution in [0.4, 0.5) is 5.69 Å². The van der Waals surface area contributed by atoms with Gasteiger partial charge in [0.25, 0.3) is 5.91 Å². The van der Waals surface area contributed by atoms with Gasteiger partial charge in [0.05, 0.1) is 11.6 Å². The second kappa shape index (κ2) is 5.36. The number of anilines is 1. The Balaban J connectivity index is 2.84. The number of pyridine rings is 1. The van der Waals surface area contributed by atoms with Gasteiger partial charge < -0.3 is 10.1 Å². The van der Waals surface area contributed by atoms with Gasteiger partial charge in [0.1, 0.15) is 5.69 Å². The Morgan fingerprint density at radius 2 is 2.47 bits per heavy atom. The monoisotopic (exact) mass is 226 g/mol. The topological polar surface area (TPSA) is 51.2 Å². The fourth-order valence-electron chi connectivity index (χ4n) is 0.928. The fraction of sp³-hybridized carbons (Fsp3) is 0.200. The summed E-state index contributed by atoms with van der Waals surface area (Å²) in [5.74, 6) is -0.100. The molecule has 5 heteroatoms. The van der Waals surface area contributed by atoms with E-state index in [1.807, 2.05) is 6.92 Å². The normalized spacial score (nSPS) is 9.47. The average molecular weight is 227 g/mol. The number of amides is 1. The molecule has 0 aromatic carbocycles. The molecule has 0 aliphatic rings. The third-order valence-electron chi connectivity index (χ3n) is 1.55. The highest BCUT2D eigenvalue weighted by molar-refractivity contribution is 6.43. The van der Waals surface area contributed by atoms with Crippen molar-refractivity contribution in [2.75, 3.05) is 11.9 Å². The van der Waals surface area contributed by atoms with E-state index in [0.29, 0.717) is 18.2 Å². The highest BCUT2D eigenvalue weighted by Crippen LogP contribution is 2.21. The van der Waals surface area contributed by atoms with Gasteiger partial charge in [-0.25, -0.2) is 4.98 Å². The molecule has 80 valence electrons. The number of halogens is 1. The Morgan fingerprint density at radius 3 is 3.07 bits per heavy atom. The van der Waals surface area contributed by atoms with Crippen molar-refractivity contribution in [3.63, 3.8) is 0 Å². The smallest absolute Gasteiger partial charge is 0.266 e. The van der Waals surface area contributed by atoms with Crippen LogP contribution >= 0.6 is 11.6 Å². The first-order valence-corrected chi connectivity index (χ1v) is 4.76. The molecule has 1 rings (SSSR count). The number of nitrogens with zero attached hydrogens (tertiary/aromatic N) is 1. The van der Waals surface area contributed by atoms with E-state index >= 15 is 0 Å². The predicted octanol–water partition coefficient (Wildman–Crippen LogP) is 2.17. The van der Waals surface area contributed by atoms with Gasteiger partial charge in [-0.2, -0.15) is 0 Å². The van der Waals surface area contributed by atoms with E-state index in [2.05, 4.69) is 16.9 Å². The summed E-state index contributed by atoms with van der Waals surface area (Å²) in [6.07, 6.45) is 1.58. The Labute approximate surface area is 92.9 Å². The van der Waals surface area contributed by atoms with E-state index in [-0.39, 0.29) is 5.03 Å². The quantitative estimate of drug-likeness (QED) is 0.801. The highest BCUT2D eigenvalue weighted by Gasteiger charge is 2.09. The number of rotatable bonds is 4. The van der Waals surface area contributed by atoms with Crippen molar-refractivity contribution in [2.24, 2.45) is 0 Å². The lowest BCUT2D eigenvalue weighted by Gasteiger charge is -2.08. The zero-order valence-corrected chi connectivity index (χ0v) is 9.04. The van der Waals surface area contributed by atoms with Crippen LogP contribution in [0, 0.1) is 0 Å². The van der Waals surface area contributed by atoms with Crippen LogP contribution in [0.2, 0.25) is 0 Å². The number of aromatic nitrogens is 1. The van der Waals surface area contributed by atoms with Gasteiger partial charge in [-0.1, -0.05) is 18.2 Å². The molecule has 0 fully saturated rings. The SMILES string of the molecule is C=C(Cl)C(=O)Nc1cccnc1OCC. The van der Waals surface area contributed by atoms with E-state index in [9.17, 15) is 4.79 Å². The van der Waals surface area contributed by atoms with Crippen molar-refractivity contribution in [1.29, 1.82) is 0 Å². The first-order chi connectivity index (χ1) is 7.15. The maximum Gasteiger partial charge on any atom is 0.266 e. The summed E-state index contributed by atoms with van der Waals surface area (Å²) < 4.78 is 5.22. The largest absolute Gasteiger partial charge is 0.476 e. The molecule has 1 aromatic rings. The minimum absolute atomic E-state index is 0.0821. The van der Waals surface area contributed by atoms with Crippen molar-refractivity contribution in [3.05, 3.63) is 29.9 Å². The number of carbonyl (C=O) groups excluding carboxylic acids is 1. The van der Waals surface area contributed by atoms with E-state index < -0.39 is 5.91 Å². The Kier molecular flexibility index (Phi) is 4.12. The van der Waals surface area contributed by atoms with Crippen LogP contribution in [0.15, 0.2) is 29.9 Å². The van der Waals surface area contributed by atoms with Crippen molar-refractivity contribution in [3.8, 4) is 5.88 Å². The van der Waals surface area contributed by atoms with Crippen LogP contribution in [0.3, 0.4) is 0 Å². The molecule has 0 bridgehead atoms. The molecule has 0 aliphatic heterocycles. The molecule has 0 saturated heterocycles. The minimum Gasteiger partial charge on any atom is -0.476 e. The van der Waals surface area contributed by atoms with Crippen LogP contribution in [-0.2, 0) is 4.79 Å². The molecule has 1 N–H and O–H groups in total. The second-order valence-electron chi connectivity index (χ2n) is 2.65. The van der Waals surface area contributed by atoms with Gasteiger partial charge in [-0.3, -0.25) is 4.79 Å². The van der Waals surface area contributed by atoms with Crippen molar-refractivity contribution in [2.45, 2.75) is 6.92 Å². The molecule has 0 radical (unpaired) electrons. The van der Waals surface area contributed by atoms with Crippen LogP contribution in [0.5, 0.6) is 5.88 Å². The molecule has 0 spiro atoms. The molecule has 1 heterocycles. The summed E-state index contributed by atoms with van der Waals surface area (Å²) in [5, 5.41) is 2.45. The Bertz CT molecular complexity index is 379. The van der Waals surface area contributed by atoms with Crippen LogP contribution in [-0.4, -0.2) is 17.5 Å². The van der Waals surface area contributed by atoms with E-state index in [0.717, 1.165) is 0 Å². The molecular weight excluding hydrogens is 216 g/mol. The maximum atomic E-state index is 11.2. The Morgan fingerprint density at radius 1 is 1.73 bits per heavy atom. The fourth-order valence-corrected chi connectivity index (χ4v) is 0.975. The lowest BCUT2D eigenvalue weighted by Crippen LogP contribution is -2.12. The predicted molar refractivity (Wildman–Crippen MR) is 59.0 cm³/mol. The maximum absolute atomic E-state index is 11.2. The zero-order chi connectivity index (χ0) is 11.3. The number of hydrogen-bond acceptors (Lipinski definition) is 3. The summed E-state index contributed by atoms with van der Waals surface area (Å²) >= 11 is 5.44. The first-order valence-electron chi connectivity index (χ1n) is 4.38. The molecule has 0 aliphatic carbocycles. The van der Waals surface area contributed by atoms with Gasteiger partial charge in [-0.05, 0) is 19.1 Å². The number of hydrogen-bond donors (Lipinski definition) is 1. The third kappa shape index (κ3) is 3.25. The summed E-state index contributed by atoms with van der Waals surface area (Å²) in [4.78, 5) is 15.2. The average Bonchev–Trinajstić information content (AvgIpc) is 2.21. The van der Waals surface area contributed by atoms with Crippen molar-refractivity contribution in [1.82, 2.24) is 4.98 Å². The summed E-state index contributed by atoms with van der Waals surface area (Å²) in [6, 6.07) is 3.37. The Hall–Kier alpha value is -1.55. The molecule has 1 aromatic heterocycles. The molecule has 4 nitrogen and oxygen atoms in total. The zero-order valence-electron chi connectivity index (χ0n) is 8.29. The molecule has 0 saturated carbocycles. The van der Waals surface area contributed by atoms with Crippen LogP contribution in [0.25, 0.3) is 0 Å². The molecule has 15 heavy (non-hydrogen) atoms. The molecule has 0 unspecified atom stereocenters. The van der Waals surface area contributed by atoms with E-state index in [1.165, 1.54) is 0 Å². The van der Waals surface area contributed by atoms with Crippen molar-refractivity contribution < 1.29 is 9.53 Å². The van der Waals surface area contributed by atoms with E-state index in [1.54, 1.807) is 18.3 Å². The van der Waals surface area contributed by atoms with Gasteiger partial charge in [-0.15, -0.1) is 0 Å². The third-order valence-corrected chi connectivity index (χ3v) is 1.72. The van der Waals surface area contributed by atoms with Gasteiger partial charge in [0, 0.05) is 6.20 Å². The lowest BCUT2D eigenvalue weighted by molar-refractivity contribution is -0.112. The second-order valence-corrected chi connectivity index (χ2v) is 3.10. The number of nitrogens with one attached hydrogen (secondary N) is 1. The van der Waals surface area contributed by atoms with Crippen LogP contribution in [0.1, 0.15) is 6.92 Å². The molecule has 0 atom stereocenters. The summed E-state index contributed by atoms with van der Waals surface area (Å²) in [7, 11) is 0. The highest BCUT2D eigenvalue weighted by atomic mass is 35.5. The number of ether oxygens (including phenoxy) is 1. The number of carbonyl (C=O) groups is 1. The van der Waals surface area contributed by atoms with Crippen LogP contribution < -0.4 is 10.1 Å².